The number of hydrogen-bond acceptors (Lipinski definition) is 5. The van der Waals surface area contributed by atoms with Gasteiger partial charge in [0.05, 0.1) is 5.54 Å². The molecule has 0 spiro atoms. The Morgan fingerprint density at radius 3 is 2.71 bits per heavy atom. The molecule has 1 aromatic carbocycles. The van der Waals surface area contributed by atoms with E-state index in [4.69, 9.17) is 14.7 Å². The molecule has 1 saturated carbocycles. The molecule has 0 amide bonds. The molecule has 0 aliphatic heterocycles. The number of furan rings is 1. The highest BCUT2D eigenvalue weighted by Crippen LogP contribution is 2.35. The van der Waals surface area contributed by atoms with Crippen LogP contribution in [0, 0.1) is 0 Å². The number of aromatic nitrogens is 2. The predicted octanol–water partition coefficient (Wildman–Crippen LogP) is 3.60. The molecule has 3 aromatic rings. The van der Waals surface area contributed by atoms with Gasteiger partial charge in [-0.25, -0.2) is 0 Å². The summed E-state index contributed by atoms with van der Waals surface area (Å²) in [5, 5.41) is 5.07. The molecule has 2 heterocycles. The number of hydrogen-bond donors (Lipinski definition) is 1. The molecule has 2 N–H and O–H groups in total. The van der Waals surface area contributed by atoms with Crippen LogP contribution >= 0.6 is 0 Å². The zero-order valence-corrected chi connectivity index (χ0v) is 11.7. The number of nitrogens with two attached hydrogens (primary N) is 1. The van der Waals surface area contributed by atoms with Crippen LogP contribution in [0.3, 0.4) is 0 Å². The summed E-state index contributed by atoms with van der Waals surface area (Å²) in [6, 6.07) is 9.75. The van der Waals surface area contributed by atoms with E-state index in [9.17, 15) is 0 Å². The first-order valence-corrected chi connectivity index (χ1v) is 7.37. The summed E-state index contributed by atoms with van der Waals surface area (Å²) < 4.78 is 11.2. The fourth-order valence-corrected chi connectivity index (χ4v) is 3.01. The molecule has 0 atom stereocenters. The zero-order valence-electron chi connectivity index (χ0n) is 11.7. The summed E-state index contributed by atoms with van der Waals surface area (Å²) in [6.07, 6.45) is 5.24. The van der Waals surface area contributed by atoms with Gasteiger partial charge in [0.2, 0.25) is 11.7 Å². The molecular formula is C16H17N3O2. The Balaban J connectivity index is 1.70. The van der Waals surface area contributed by atoms with Crippen molar-refractivity contribution in [2.24, 2.45) is 5.73 Å². The third-order valence-corrected chi connectivity index (χ3v) is 4.24. The molecular weight excluding hydrogens is 266 g/mol. The maximum absolute atomic E-state index is 6.42. The van der Waals surface area contributed by atoms with E-state index in [0.717, 1.165) is 36.7 Å². The van der Waals surface area contributed by atoms with Gasteiger partial charge in [-0.05, 0) is 25.0 Å². The minimum atomic E-state index is -0.477. The lowest BCUT2D eigenvalue weighted by molar-refractivity contribution is 0.220. The van der Waals surface area contributed by atoms with E-state index in [1.807, 2.05) is 30.3 Å². The van der Waals surface area contributed by atoms with Gasteiger partial charge in [-0.3, -0.25) is 0 Å². The van der Waals surface area contributed by atoms with Crippen LogP contribution in [0.15, 0.2) is 39.3 Å². The van der Waals surface area contributed by atoms with Crippen molar-refractivity contribution in [3.63, 3.8) is 0 Å². The van der Waals surface area contributed by atoms with E-state index in [1.54, 1.807) is 0 Å². The highest BCUT2D eigenvalue weighted by Gasteiger charge is 2.35. The second-order valence-electron chi connectivity index (χ2n) is 5.79. The molecule has 5 nitrogen and oxygen atoms in total. The van der Waals surface area contributed by atoms with Crippen molar-refractivity contribution in [3.05, 3.63) is 36.2 Å². The normalized spacial score (nSPS) is 18.1. The molecule has 0 radical (unpaired) electrons. The average molecular weight is 283 g/mol. The molecule has 1 aliphatic rings. The molecule has 1 aliphatic carbocycles. The topological polar surface area (TPSA) is 78.1 Å². The van der Waals surface area contributed by atoms with Crippen molar-refractivity contribution in [1.29, 1.82) is 0 Å². The van der Waals surface area contributed by atoms with Crippen LogP contribution in [0.2, 0.25) is 0 Å². The summed E-state index contributed by atoms with van der Waals surface area (Å²) >= 11 is 0. The molecule has 0 saturated heterocycles. The van der Waals surface area contributed by atoms with Crippen molar-refractivity contribution in [2.75, 3.05) is 0 Å². The van der Waals surface area contributed by atoms with Crippen molar-refractivity contribution in [2.45, 2.75) is 37.6 Å². The lowest BCUT2D eigenvalue weighted by atomic mass is 9.82. The zero-order chi connectivity index (χ0) is 14.3. The highest BCUT2D eigenvalue weighted by molar-refractivity contribution is 5.81. The summed E-state index contributed by atoms with van der Waals surface area (Å²) in [7, 11) is 0. The maximum Gasteiger partial charge on any atom is 0.247 e. The maximum atomic E-state index is 6.42. The van der Waals surface area contributed by atoms with Gasteiger partial charge in [0.15, 0.2) is 5.76 Å². The fourth-order valence-electron chi connectivity index (χ4n) is 3.01. The van der Waals surface area contributed by atoms with Gasteiger partial charge in [-0.2, -0.15) is 4.98 Å². The Labute approximate surface area is 122 Å². The Bertz CT molecular complexity index is 736. The van der Waals surface area contributed by atoms with Crippen LogP contribution in [0.5, 0.6) is 0 Å². The van der Waals surface area contributed by atoms with Crippen LogP contribution in [0.1, 0.15) is 38.0 Å². The summed E-state index contributed by atoms with van der Waals surface area (Å²) in [5.74, 6) is 1.61. The van der Waals surface area contributed by atoms with E-state index in [1.165, 1.54) is 6.42 Å². The first-order chi connectivity index (χ1) is 10.2. The van der Waals surface area contributed by atoms with Gasteiger partial charge < -0.3 is 14.7 Å². The Morgan fingerprint density at radius 1 is 1.10 bits per heavy atom. The van der Waals surface area contributed by atoms with E-state index in [0.29, 0.717) is 17.5 Å². The second kappa shape index (κ2) is 4.70. The van der Waals surface area contributed by atoms with Crippen molar-refractivity contribution >= 4 is 11.0 Å². The van der Waals surface area contributed by atoms with Gasteiger partial charge in [-0.15, -0.1) is 0 Å². The number of fused-ring (bicyclic) bond motifs is 1. The lowest BCUT2D eigenvalue weighted by Gasteiger charge is -2.29. The molecule has 108 valence electrons. The van der Waals surface area contributed by atoms with Crippen molar-refractivity contribution < 1.29 is 8.94 Å². The van der Waals surface area contributed by atoms with Crippen LogP contribution in [0.25, 0.3) is 22.6 Å². The monoisotopic (exact) mass is 283 g/mol. The molecule has 4 rings (SSSR count). The molecule has 0 bridgehead atoms. The largest absolute Gasteiger partial charge is 0.453 e. The van der Waals surface area contributed by atoms with E-state index in [-0.39, 0.29) is 0 Å². The molecule has 0 unspecified atom stereocenters. The minimum Gasteiger partial charge on any atom is -0.453 e. The minimum absolute atomic E-state index is 0.469. The lowest BCUT2D eigenvalue weighted by Crippen LogP contribution is -2.38. The Morgan fingerprint density at radius 2 is 1.90 bits per heavy atom. The van der Waals surface area contributed by atoms with Gasteiger partial charge in [0.25, 0.3) is 0 Å². The van der Waals surface area contributed by atoms with Gasteiger partial charge >= 0.3 is 0 Å². The standard InChI is InChI=1S/C16H17N3O2/c17-16(8-4-1-5-9-16)15-18-14(19-21-15)13-10-11-6-2-3-7-12(11)20-13/h2-3,6-7,10H,1,4-5,8-9,17H2. The van der Waals surface area contributed by atoms with Gasteiger partial charge in [0, 0.05) is 5.39 Å². The van der Waals surface area contributed by atoms with Crippen molar-refractivity contribution in [3.8, 4) is 11.6 Å². The molecule has 5 heteroatoms. The average Bonchev–Trinajstić information content (AvgIpc) is 3.15. The van der Waals surface area contributed by atoms with Crippen LogP contribution in [-0.4, -0.2) is 10.1 Å². The Hall–Kier alpha value is -2.14. The SMILES string of the molecule is NC1(c2nc(-c3cc4ccccc4o3)no2)CCCCC1. The summed E-state index contributed by atoms with van der Waals surface area (Å²) in [5.41, 5.74) is 6.76. The molecule has 21 heavy (non-hydrogen) atoms. The number of rotatable bonds is 2. The van der Waals surface area contributed by atoms with E-state index in [2.05, 4.69) is 10.1 Å². The summed E-state index contributed by atoms with van der Waals surface area (Å²) in [6.45, 7) is 0. The second-order valence-corrected chi connectivity index (χ2v) is 5.79. The van der Waals surface area contributed by atoms with Crippen LogP contribution in [0.4, 0.5) is 0 Å². The third kappa shape index (κ3) is 2.14. The van der Waals surface area contributed by atoms with E-state index >= 15 is 0 Å². The summed E-state index contributed by atoms with van der Waals surface area (Å²) in [4.78, 5) is 4.47. The van der Waals surface area contributed by atoms with Crippen LogP contribution < -0.4 is 5.73 Å². The quantitative estimate of drug-likeness (QED) is 0.777. The fraction of sp³-hybridized carbons (Fsp3) is 0.375. The smallest absolute Gasteiger partial charge is 0.247 e. The van der Waals surface area contributed by atoms with Crippen molar-refractivity contribution in [1.82, 2.24) is 10.1 Å². The first kappa shape index (κ1) is 12.6. The van der Waals surface area contributed by atoms with Gasteiger partial charge in [-0.1, -0.05) is 42.6 Å². The molecule has 2 aromatic heterocycles. The third-order valence-electron chi connectivity index (χ3n) is 4.24. The molecule has 1 fully saturated rings. The number of benzene rings is 1. The highest BCUT2D eigenvalue weighted by atomic mass is 16.5. The van der Waals surface area contributed by atoms with Gasteiger partial charge in [0.1, 0.15) is 5.58 Å². The number of para-hydroxylation sites is 1. The first-order valence-electron chi connectivity index (χ1n) is 7.37. The van der Waals surface area contributed by atoms with E-state index < -0.39 is 5.54 Å². The predicted molar refractivity (Wildman–Crippen MR) is 78.5 cm³/mol. The Kier molecular flexibility index (Phi) is 2.82. The van der Waals surface area contributed by atoms with Crippen LogP contribution in [-0.2, 0) is 5.54 Å². The number of nitrogens with zero attached hydrogens (tertiary/aromatic N) is 2.